The second-order valence-electron chi connectivity index (χ2n) is 5.29. The van der Waals surface area contributed by atoms with Crippen LogP contribution in [0.3, 0.4) is 0 Å². The average Bonchev–Trinajstić information content (AvgIpc) is 2.36. The van der Waals surface area contributed by atoms with E-state index in [2.05, 4.69) is 10.2 Å². The second kappa shape index (κ2) is 7.92. The smallest absolute Gasteiger partial charge is 0.220 e. The van der Waals surface area contributed by atoms with Crippen molar-refractivity contribution in [2.45, 2.75) is 31.8 Å². The van der Waals surface area contributed by atoms with Crippen molar-refractivity contribution in [3.63, 3.8) is 0 Å². The second-order valence-corrected chi connectivity index (χ2v) is 5.29. The van der Waals surface area contributed by atoms with Gasteiger partial charge in [-0.1, -0.05) is 30.3 Å². The summed E-state index contributed by atoms with van der Waals surface area (Å²) in [5.41, 5.74) is 7.15. The highest BCUT2D eigenvalue weighted by atomic mass is 16.1. The predicted octanol–water partition coefficient (Wildman–Crippen LogP) is 1.53. The lowest BCUT2D eigenvalue weighted by Crippen LogP contribution is -2.39. The van der Waals surface area contributed by atoms with Crippen LogP contribution < -0.4 is 11.1 Å². The van der Waals surface area contributed by atoms with Crippen LogP contribution in [0.1, 0.15) is 31.4 Å². The Morgan fingerprint density at radius 1 is 1.32 bits per heavy atom. The van der Waals surface area contributed by atoms with Gasteiger partial charge >= 0.3 is 0 Å². The molecule has 106 valence electrons. The third kappa shape index (κ3) is 6.36. The third-order valence-electron chi connectivity index (χ3n) is 2.96. The number of likely N-dealkylation sites (N-methyl/N-ethyl adjacent to an activating group) is 1. The summed E-state index contributed by atoms with van der Waals surface area (Å²) in [6.07, 6.45) is 1.14. The summed E-state index contributed by atoms with van der Waals surface area (Å²) in [5, 5.41) is 2.98. The fourth-order valence-corrected chi connectivity index (χ4v) is 2.09. The van der Waals surface area contributed by atoms with E-state index >= 15 is 0 Å². The number of amides is 1. The normalized spacial score (nSPS) is 14.2. The Hall–Kier alpha value is -1.39. The van der Waals surface area contributed by atoms with Gasteiger partial charge in [0.1, 0.15) is 0 Å². The quantitative estimate of drug-likeness (QED) is 0.784. The molecule has 2 atom stereocenters. The maximum Gasteiger partial charge on any atom is 0.220 e. The predicted molar refractivity (Wildman–Crippen MR) is 78.8 cm³/mol. The summed E-state index contributed by atoms with van der Waals surface area (Å²) in [6, 6.07) is 9.98. The highest BCUT2D eigenvalue weighted by Gasteiger charge is 2.11. The standard InChI is InChI=1S/C15H25N3O/c1-12(11-18(2)3)17-15(19)10-9-14(16)13-7-5-4-6-8-13/h4-8,12,14H,9-11,16H2,1-3H3,(H,17,19). The van der Waals surface area contributed by atoms with E-state index in [-0.39, 0.29) is 18.0 Å². The topological polar surface area (TPSA) is 58.4 Å². The number of nitrogens with two attached hydrogens (primary N) is 1. The van der Waals surface area contributed by atoms with Gasteiger partial charge in [0.2, 0.25) is 5.91 Å². The van der Waals surface area contributed by atoms with Crippen LogP contribution in [0.25, 0.3) is 0 Å². The molecule has 1 rings (SSSR count). The zero-order valence-corrected chi connectivity index (χ0v) is 12.1. The van der Waals surface area contributed by atoms with Crippen LogP contribution in [0.2, 0.25) is 0 Å². The minimum Gasteiger partial charge on any atom is -0.352 e. The van der Waals surface area contributed by atoms with Crippen molar-refractivity contribution in [2.24, 2.45) is 5.73 Å². The van der Waals surface area contributed by atoms with Crippen LogP contribution in [0.4, 0.5) is 0 Å². The molecule has 0 saturated carbocycles. The molecule has 19 heavy (non-hydrogen) atoms. The van der Waals surface area contributed by atoms with Crippen molar-refractivity contribution in [3.8, 4) is 0 Å². The summed E-state index contributed by atoms with van der Waals surface area (Å²) in [7, 11) is 3.99. The fourth-order valence-electron chi connectivity index (χ4n) is 2.09. The van der Waals surface area contributed by atoms with Crippen LogP contribution >= 0.6 is 0 Å². The molecule has 0 aliphatic carbocycles. The van der Waals surface area contributed by atoms with Crippen LogP contribution in [0.15, 0.2) is 30.3 Å². The molecule has 1 amide bonds. The minimum atomic E-state index is -0.0731. The van der Waals surface area contributed by atoms with Gasteiger partial charge < -0.3 is 16.0 Å². The molecule has 0 heterocycles. The average molecular weight is 263 g/mol. The molecule has 0 saturated heterocycles. The molecule has 0 radical (unpaired) electrons. The van der Waals surface area contributed by atoms with Crippen molar-refractivity contribution >= 4 is 5.91 Å². The molecule has 0 aromatic heterocycles. The highest BCUT2D eigenvalue weighted by Crippen LogP contribution is 2.14. The third-order valence-corrected chi connectivity index (χ3v) is 2.96. The monoisotopic (exact) mass is 263 g/mol. The van der Waals surface area contributed by atoms with E-state index in [1.165, 1.54) is 0 Å². The van der Waals surface area contributed by atoms with Gasteiger partial charge in [0.15, 0.2) is 0 Å². The van der Waals surface area contributed by atoms with E-state index in [0.717, 1.165) is 12.1 Å². The summed E-state index contributed by atoms with van der Waals surface area (Å²) in [4.78, 5) is 13.8. The zero-order valence-electron chi connectivity index (χ0n) is 12.1. The Morgan fingerprint density at radius 2 is 1.95 bits per heavy atom. The first-order valence-corrected chi connectivity index (χ1v) is 6.73. The lowest BCUT2D eigenvalue weighted by atomic mass is 10.0. The number of carbonyl (C=O) groups is 1. The van der Waals surface area contributed by atoms with E-state index in [1.54, 1.807) is 0 Å². The van der Waals surface area contributed by atoms with Gasteiger partial charge in [0.05, 0.1) is 0 Å². The van der Waals surface area contributed by atoms with Crippen molar-refractivity contribution in [2.75, 3.05) is 20.6 Å². The van der Waals surface area contributed by atoms with Gasteiger partial charge in [-0.2, -0.15) is 0 Å². The Kier molecular flexibility index (Phi) is 6.53. The van der Waals surface area contributed by atoms with Crippen LogP contribution in [-0.4, -0.2) is 37.5 Å². The van der Waals surface area contributed by atoms with Crippen LogP contribution in [0, 0.1) is 0 Å². The van der Waals surface area contributed by atoms with E-state index in [0.29, 0.717) is 12.8 Å². The molecule has 1 aromatic rings. The van der Waals surface area contributed by atoms with Crippen molar-refractivity contribution in [3.05, 3.63) is 35.9 Å². The maximum absolute atomic E-state index is 11.8. The van der Waals surface area contributed by atoms with Crippen molar-refractivity contribution < 1.29 is 4.79 Å². The van der Waals surface area contributed by atoms with E-state index in [1.807, 2.05) is 51.4 Å². The number of nitrogens with zero attached hydrogens (tertiary/aromatic N) is 1. The summed E-state index contributed by atoms with van der Waals surface area (Å²) < 4.78 is 0. The zero-order chi connectivity index (χ0) is 14.3. The largest absolute Gasteiger partial charge is 0.352 e. The SMILES string of the molecule is CC(CN(C)C)NC(=O)CCC(N)c1ccccc1. The van der Waals surface area contributed by atoms with Crippen molar-refractivity contribution in [1.29, 1.82) is 0 Å². The van der Waals surface area contributed by atoms with Crippen molar-refractivity contribution in [1.82, 2.24) is 10.2 Å². The Labute approximate surface area is 116 Å². The lowest BCUT2D eigenvalue weighted by Gasteiger charge is -2.19. The molecule has 3 N–H and O–H groups in total. The van der Waals surface area contributed by atoms with E-state index < -0.39 is 0 Å². The number of rotatable bonds is 7. The fraction of sp³-hybridized carbons (Fsp3) is 0.533. The molecule has 4 heteroatoms. The minimum absolute atomic E-state index is 0.0701. The molecule has 2 unspecified atom stereocenters. The first-order chi connectivity index (χ1) is 8.99. The van der Waals surface area contributed by atoms with Gasteiger partial charge in [-0.25, -0.2) is 0 Å². The molecular formula is C15H25N3O. The first-order valence-electron chi connectivity index (χ1n) is 6.73. The first kappa shape index (κ1) is 15.7. The maximum atomic E-state index is 11.8. The van der Waals surface area contributed by atoms with Crippen LogP contribution in [0.5, 0.6) is 0 Å². The Balaban J connectivity index is 2.30. The summed E-state index contributed by atoms with van der Waals surface area (Å²) in [6.45, 7) is 2.85. The number of hydrogen-bond donors (Lipinski definition) is 2. The Bertz CT molecular complexity index is 378. The molecule has 0 bridgehead atoms. The summed E-state index contributed by atoms with van der Waals surface area (Å²) >= 11 is 0. The van der Waals surface area contributed by atoms with Gasteiger partial charge in [-0.05, 0) is 33.0 Å². The van der Waals surface area contributed by atoms with Gasteiger partial charge in [0, 0.05) is 25.0 Å². The Morgan fingerprint density at radius 3 is 2.53 bits per heavy atom. The molecule has 0 aliphatic heterocycles. The molecule has 1 aromatic carbocycles. The number of hydrogen-bond acceptors (Lipinski definition) is 3. The molecule has 0 spiro atoms. The van der Waals surface area contributed by atoms with Crippen LogP contribution in [-0.2, 0) is 4.79 Å². The molecule has 4 nitrogen and oxygen atoms in total. The van der Waals surface area contributed by atoms with Gasteiger partial charge in [-0.3, -0.25) is 4.79 Å². The summed E-state index contributed by atoms with van der Waals surface area (Å²) in [5.74, 6) is 0.0701. The lowest BCUT2D eigenvalue weighted by molar-refractivity contribution is -0.121. The van der Waals surface area contributed by atoms with E-state index in [9.17, 15) is 4.79 Å². The van der Waals surface area contributed by atoms with Gasteiger partial charge in [-0.15, -0.1) is 0 Å². The highest BCUT2D eigenvalue weighted by molar-refractivity contribution is 5.76. The van der Waals surface area contributed by atoms with E-state index in [4.69, 9.17) is 5.73 Å². The number of benzene rings is 1. The molecule has 0 fully saturated rings. The number of nitrogens with one attached hydrogen (secondary N) is 1. The molecular weight excluding hydrogens is 238 g/mol. The number of carbonyl (C=O) groups excluding carboxylic acids is 1. The van der Waals surface area contributed by atoms with Gasteiger partial charge in [0.25, 0.3) is 0 Å². The molecule has 0 aliphatic rings.